The molecule has 1 atom stereocenters. The van der Waals surface area contributed by atoms with Gasteiger partial charge in [0.05, 0.1) is 19.3 Å². The van der Waals surface area contributed by atoms with Crippen molar-refractivity contribution >= 4 is 17.7 Å². The van der Waals surface area contributed by atoms with Gasteiger partial charge >= 0.3 is 0 Å². The molecule has 0 bridgehead atoms. The van der Waals surface area contributed by atoms with E-state index in [9.17, 15) is 4.79 Å². The summed E-state index contributed by atoms with van der Waals surface area (Å²) in [5.41, 5.74) is 1.86. The molecule has 1 aromatic heterocycles. The van der Waals surface area contributed by atoms with Gasteiger partial charge in [-0.25, -0.2) is 0 Å². The van der Waals surface area contributed by atoms with Crippen molar-refractivity contribution in [2.24, 2.45) is 0 Å². The molecule has 1 unspecified atom stereocenters. The van der Waals surface area contributed by atoms with Gasteiger partial charge < -0.3 is 14.2 Å². The van der Waals surface area contributed by atoms with Gasteiger partial charge in [-0.1, -0.05) is 0 Å². The number of benzene rings is 1. The van der Waals surface area contributed by atoms with Gasteiger partial charge in [-0.3, -0.25) is 9.69 Å². The Morgan fingerprint density at radius 1 is 1.07 bits per heavy atom. The topological polar surface area (TPSA) is 37.7 Å². The Bertz CT molecular complexity index is 726. The molecule has 0 aliphatic carbocycles. The van der Waals surface area contributed by atoms with Crippen molar-refractivity contribution < 1.29 is 9.53 Å². The average Bonchev–Trinajstić information content (AvgIpc) is 3.16. The highest BCUT2D eigenvalue weighted by Crippen LogP contribution is 2.21. The lowest BCUT2D eigenvalue weighted by Crippen LogP contribution is -2.50. The van der Waals surface area contributed by atoms with Crippen LogP contribution in [0.4, 0.5) is 0 Å². The van der Waals surface area contributed by atoms with Crippen LogP contribution in [0.25, 0.3) is 5.69 Å². The van der Waals surface area contributed by atoms with Crippen LogP contribution in [0.1, 0.15) is 16.8 Å². The number of carbonyl (C=O) groups is 1. The summed E-state index contributed by atoms with van der Waals surface area (Å²) in [7, 11) is 0. The number of ether oxygens (including phenoxy) is 1. The molecule has 2 saturated heterocycles. The number of rotatable bonds is 4. The largest absolute Gasteiger partial charge is 0.379 e. The van der Waals surface area contributed by atoms with Crippen molar-refractivity contribution in [2.45, 2.75) is 12.5 Å². The maximum atomic E-state index is 13.3. The van der Waals surface area contributed by atoms with Gasteiger partial charge in [0.25, 0.3) is 5.91 Å². The highest BCUT2D eigenvalue weighted by atomic mass is 32.2. The second kappa shape index (κ2) is 8.95. The minimum absolute atomic E-state index is 0.162. The number of nitrogens with zero attached hydrogens (tertiary/aromatic N) is 3. The second-order valence-electron chi connectivity index (χ2n) is 7.13. The number of thioether (sulfide) groups is 1. The van der Waals surface area contributed by atoms with E-state index in [1.165, 1.54) is 0 Å². The molecule has 27 heavy (non-hydrogen) atoms. The number of hydrogen-bond donors (Lipinski definition) is 0. The summed E-state index contributed by atoms with van der Waals surface area (Å²) in [6.45, 7) is 5.33. The summed E-state index contributed by atoms with van der Waals surface area (Å²) in [5, 5.41) is 0. The molecule has 1 aromatic carbocycles. The molecule has 0 spiro atoms. The monoisotopic (exact) mass is 385 g/mol. The number of aromatic nitrogens is 1. The summed E-state index contributed by atoms with van der Waals surface area (Å²) in [4.78, 5) is 17.8. The number of morpholine rings is 1. The van der Waals surface area contributed by atoms with Gasteiger partial charge in [0.15, 0.2) is 0 Å². The highest BCUT2D eigenvalue weighted by Gasteiger charge is 2.28. The highest BCUT2D eigenvalue weighted by molar-refractivity contribution is 7.99. The molecular formula is C21H27N3O2S. The maximum absolute atomic E-state index is 13.3. The van der Waals surface area contributed by atoms with Crippen molar-refractivity contribution in [1.82, 2.24) is 14.4 Å². The Kier molecular flexibility index (Phi) is 6.17. The molecule has 2 aromatic rings. The van der Waals surface area contributed by atoms with Crippen LogP contribution in [0.2, 0.25) is 0 Å². The molecule has 2 aliphatic rings. The number of carbonyl (C=O) groups excluding carboxylic acids is 1. The summed E-state index contributed by atoms with van der Waals surface area (Å²) in [6.07, 6.45) is 5.10. The lowest BCUT2D eigenvalue weighted by atomic mass is 10.1. The van der Waals surface area contributed by atoms with E-state index >= 15 is 0 Å². The zero-order chi connectivity index (χ0) is 18.5. The first kappa shape index (κ1) is 18.6. The predicted molar refractivity (Wildman–Crippen MR) is 110 cm³/mol. The molecule has 6 heteroatoms. The lowest BCUT2D eigenvalue weighted by molar-refractivity contribution is 0.0245. The number of amides is 1. The summed E-state index contributed by atoms with van der Waals surface area (Å²) >= 11 is 1.97. The predicted octanol–water partition coefficient (Wildman–Crippen LogP) is 2.76. The maximum Gasteiger partial charge on any atom is 0.254 e. The molecule has 3 heterocycles. The first-order valence-electron chi connectivity index (χ1n) is 9.73. The SMILES string of the molecule is O=C(c1ccc(-n2cccc2)cc1)N1CCCSCC1CN1CCOCC1. The zero-order valence-electron chi connectivity index (χ0n) is 15.6. The van der Waals surface area contributed by atoms with Crippen molar-refractivity contribution in [2.75, 3.05) is 50.9 Å². The summed E-state index contributed by atoms with van der Waals surface area (Å²) in [6, 6.07) is 12.2. The van der Waals surface area contributed by atoms with Crippen LogP contribution in [0, 0.1) is 0 Å². The minimum Gasteiger partial charge on any atom is -0.379 e. The molecule has 5 nitrogen and oxygen atoms in total. The van der Waals surface area contributed by atoms with E-state index in [2.05, 4.69) is 14.4 Å². The van der Waals surface area contributed by atoms with Crippen molar-refractivity contribution in [3.8, 4) is 5.69 Å². The van der Waals surface area contributed by atoms with Crippen LogP contribution in [0.3, 0.4) is 0 Å². The molecule has 0 N–H and O–H groups in total. The molecule has 4 rings (SSSR count). The Morgan fingerprint density at radius 2 is 1.81 bits per heavy atom. The second-order valence-corrected chi connectivity index (χ2v) is 8.28. The fraction of sp³-hybridized carbons (Fsp3) is 0.476. The molecule has 0 radical (unpaired) electrons. The van der Waals surface area contributed by atoms with Crippen molar-refractivity contribution in [1.29, 1.82) is 0 Å². The Labute approximate surface area is 165 Å². The fourth-order valence-corrected chi connectivity index (χ4v) is 4.84. The van der Waals surface area contributed by atoms with Crippen molar-refractivity contribution in [3.05, 3.63) is 54.4 Å². The van der Waals surface area contributed by atoms with Gasteiger partial charge in [-0.15, -0.1) is 0 Å². The van der Waals surface area contributed by atoms with Crippen molar-refractivity contribution in [3.63, 3.8) is 0 Å². The van der Waals surface area contributed by atoms with Crippen LogP contribution < -0.4 is 0 Å². The van der Waals surface area contributed by atoms with Crippen LogP contribution in [-0.4, -0.2) is 77.2 Å². The van der Waals surface area contributed by atoms with Crippen LogP contribution >= 0.6 is 11.8 Å². The first-order chi connectivity index (χ1) is 13.3. The molecule has 2 aliphatic heterocycles. The average molecular weight is 386 g/mol. The Hall–Kier alpha value is -1.76. The van der Waals surface area contributed by atoms with E-state index in [-0.39, 0.29) is 11.9 Å². The zero-order valence-corrected chi connectivity index (χ0v) is 16.4. The Morgan fingerprint density at radius 3 is 2.56 bits per heavy atom. The minimum atomic E-state index is 0.162. The van der Waals surface area contributed by atoms with E-state index in [4.69, 9.17) is 4.74 Å². The van der Waals surface area contributed by atoms with Crippen LogP contribution in [-0.2, 0) is 4.74 Å². The molecular weight excluding hydrogens is 358 g/mol. The quantitative estimate of drug-likeness (QED) is 0.811. The number of hydrogen-bond acceptors (Lipinski definition) is 4. The lowest BCUT2D eigenvalue weighted by Gasteiger charge is -2.35. The van der Waals surface area contributed by atoms with E-state index in [0.29, 0.717) is 0 Å². The third kappa shape index (κ3) is 4.57. The van der Waals surface area contributed by atoms with E-state index in [0.717, 1.165) is 68.6 Å². The standard InChI is InChI=1S/C21H27N3O2S/c25-21(18-4-6-19(7-5-18)23-8-1-2-9-23)24-10-3-15-27-17-20(24)16-22-11-13-26-14-12-22/h1-2,4-9,20H,3,10-17H2. The summed E-state index contributed by atoms with van der Waals surface area (Å²) in [5.74, 6) is 2.32. The Balaban J connectivity index is 1.48. The van der Waals surface area contributed by atoms with Gasteiger partial charge in [0.2, 0.25) is 0 Å². The molecule has 144 valence electrons. The summed E-state index contributed by atoms with van der Waals surface area (Å²) < 4.78 is 7.52. The molecule has 0 saturated carbocycles. The van der Waals surface area contributed by atoms with Crippen LogP contribution in [0.5, 0.6) is 0 Å². The third-order valence-electron chi connectivity index (χ3n) is 5.29. The van der Waals surface area contributed by atoms with Gasteiger partial charge in [0, 0.05) is 55.6 Å². The van der Waals surface area contributed by atoms with Crippen LogP contribution in [0.15, 0.2) is 48.8 Å². The fourth-order valence-electron chi connectivity index (χ4n) is 3.78. The molecule has 1 amide bonds. The van der Waals surface area contributed by atoms with E-state index in [1.54, 1.807) is 0 Å². The molecule has 2 fully saturated rings. The van der Waals surface area contributed by atoms with Gasteiger partial charge in [0.1, 0.15) is 0 Å². The van der Waals surface area contributed by atoms with E-state index in [1.807, 2.05) is 60.6 Å². The van der Waals surface area contributed by atoms with Gasteiger partial charge in [-0.05, 0) is 48.6 Å². The first-order valence-corrected chi connectivity index (χ1v) is 10.9. The van der Waals surface area contributed by atoms with Gasteiger partial charge in [-0.2, -0.15) is 11.8 Å². The smallest absolute Gasteiger partial charge is 0.254 e. The third-order valence-corrected chi connectivity index (χ3v) is 6.49. The normalized spacial score (nSPS) is 21.8. The van der Waals surface area contributed by atoms with E-state index < -0.39 is 0 Å².